The lowest BCUT2D eigenvalue weighted by atomic mass is 10.1. The topological polar surface area (TPSA) is 78.9 Å². The van der Waals surface area contributed by atoms with E-state index >= 15 is 0 Å². The molecular weight excluding hydrogens is 354 g/mol. The number of rotatable bonds is 2. The number of halogens is 1. The van der Waals surface area contributed by atoms with Crippen LogP contribution in [-0.4, -0.2) is 21.1 Å². The van der Waals surface area contributed by atoms with Crippen LogP contribution in [0.1, 0.15) is 0 Å². The van der Waals surface area contributed by atoms with Crippen molar-refractivity contribution < 1.29 is 14.4 Å². The van der Waals surface area contributed by atoms with Gasteiger partial charge in [-0.25, -0.2) is 4.98 Å². The third kappa shape index (κ3) is 1.92. The fraction of sp³-hybridized carbons (Fsp3) is 0.0714. The third-order valence-corrected chi connectivity index (χ3v) is 4.16. The first-order valence-corrected chi connectivity index (χ1v) is 7.15. The number of ether oxygens (including phenoxy) is 2. The molecule has 22 heavy (non-hydrogen) atoms. The third-order valence-electron chi connectivity index (χ3n) is 3.40. The highest BCUT2D eigenvalue weighted by Gasteiger charge is 2.18. The molecule has 1 aromatic carbocycles. The molecule has 1 aliphatic rings. The summed E-state index contributed by atoms with van der Waals surface area (Å²) in [5.74, 6) is 1.35. The van der Waals surface area contributed by atoms with Crippen molar-refractivity contribution >= 4 is 27.3 Å². The zero-order valence-electron chi connectivity index (χ0n) is 11.0. The van der Waals surface area contributed by atoms with Crippen molar-refractivity contribution in [3.63, 3.8) is 0 Å². The second-order valence-electron chi connectivity index (χ2n) is 4.69. The van der Waals surface area contributed by atoms with Crippen LogP contribution in [-0.2, 0) is 0 Å². The Morgan fingerprint density at radius 1 is 1.23 bits per heavy atom. The van der Waals surface area contributed by atoms with Gasteiger partial charge in [0.25, 0.3) is 5.69 Å². The molecule has 0 spiro atoms. The first kappa shape index (κ1) is 13.1. The lowest BCUT2D eigenvalue weighted by Crippen LogP contribution is -1.92. The quantitative estimate of drug-likeness (QED) is 0.516. The van der Waals surface area contributed by atoms with Gasteiger partial charge in [-0.2, -0.15) is 0 Å². The molecule has 0 aliphatic carbocycles. The first-order valence-electron chi connectivity index (χ1n) is 6.35. The Kier molecular flexibility index (Phi) is 2.80. The molecule has 0 saturated heterocycles. The summed E-state index contributed by atoms with van der Waals surface area (Å²) >= 11 is 3.46. The molecule has 2 aromatic heterocycles. The van der Waals surface area contributed by atoms with Gasteiger partial charge in [-0.3, -0.25) is 14.5 Å². The minimum Gasteiger partial charge on any atom is -0.454 e. The van der Waals surface area contributed by atoms with E-state index < -0.39 is 4.92 Å². The molecule has 1 aliphatic heterocycles. The number of imidazole rings is 1. The maximum absolute atomic E-state index is 10.9. The Hall–Kier alpha value is -2.61. The van der Waals surface area contributed by atoms with E-state index in [4.69, 9.17) is 9.47 Å². The largest absolute Gasteiger partial charge is 0.454 e. The number of hydrogen-bond acceptors (Lipinski definition) is 5. The molecular formula is C14H8BrN3O4. The van der Waals surface area contributed by atoms with Crippen LogP contribution in [0.5, 0.6) is 11.5 Å². The number of nitro groups is 1. The highest BCUT2D eigenvalue weighted by molar-refractivity contribution is 9.10. The maximum Gasteiger partial charge on any atom is 0.286 e. The van der Waals surface area contributed by atoms with Crippen LogP contribution in [0.15, 0.2) is 41.1 Å². The van der Waals surface area contributed by atoms with Gasteiger partial charge in [0, 0.05) is 11.6 Å². The van der Waals surface area contributed by atoms with Gasteiger partial charge in [0.15, 0.2) is 11.5 Å². The normalized spacial score (nSPS) is 12.8. The van der Waals surface area contributed by atoms with Crippen LogP contribution >= 0.6 is 15.9 Å². The molecule has 0 N–H and O–H groups in total. The lowest BCUT2D eigenvalue weighted by Gasteiger charge is -2.00. The van der Waals surface area contributed by atoms with Crippen LogP contribution in [0.2, 0.25) is 0 Å². The molecule has 7 nitrogen and oxygen atoms in total. The second-order valence-corrected chi connectivity index (χ2v) is 5.44. The maximum atomic E-state index is 10.9. The van der Waals surface area contributed by atoms with Crippen molar-refractivity contribution in [1.29, 1.82) is 0 Å². The molecule has 0 bridgehead atoms. The van der Waals surface area contributed by atoms with E-state index in [1.807, 2.05) is 18.2 Å². The monoisotopic (exact) mass is 361 g/mol. The van der Waals surface area contributed by atoms with E-state index in [2.05, 4.69) is 20.9 Å². The van der Waals surface area contributed by atoms with Crippen molar-refractivity contribution in [2.45, 2.75) is 0 Å². The second kappa shape index (κ2) is 4.70. The van der Waals surface area contributed by atoms with E-state index in [1.54, 1.807) is 10.5 Å². The standard InChI is InChI=1S/C14H8BrN3O4/c15-14-13(8-1-3-10-11(5-8)22-7-21-10)16-12-4-2-9(18(19)20)6-17(12)14/h1-6H,7H2. The van der Waals surface area contributed by atoms with Gasteiger partial charge in [0.2, 0.25) is 6.79 Å². The molecule has 0 radical (unpaired) electrons. The van der Waals surface area contributed by atoms with Crippen molar-refractivity contribution in [2.75, 3.05) is 6.79 Å². The molecule has 3 aromatic rings. The van der Waals surface area contributed by atoms with Crippen LogP contribution < -0.4 is 9.47 Å². The Balaban J connectivity index is 1.88. The van der Waals surface area contributed by atoms with Crippen LogP contribution in [0.25, 0.3) is 16.9 Å². The number of pyridine rings is 1. The Morgan fingerprint density at radius 2 is 2.05 bits per heavy atom. The van der Waals surface area contributed by atoms with E-state index in [-0.39, 0.29) is 12.5 Å². The molecule has 110 valence electrons. The van der Waals surface area contributed by atoms with Gasteiger partial charge in [-0.1, -0.05) is 0 Å². The summed E-state index contributed by atoms with van der Waals surface area (Å²) in [6, 6.07) is 8.56. The van der Waals surface area contributed by atoms with Crippen LogP contribution in [0, 0.1) is 10.1 Å². The number of nitrogens with zero attached hydrogens (tertiary/aromatic N) is 3. The Morgan fingerprint density at radius 3 is 2.86 bits per heavy atom. The van der Waals surface area contributed by atoms with Crippen LogP contribution in [0.4, 0.5) is 5.69 Å². The smallest absolute Gasteiger partial charge is 0.286 e. The average molecular weight is 362 g/mol. The molecule has 0 fully saturated rings. The predicted molar refractivity (Wildman–Crippen MR) is 81.1 cm³/mol. The van der Waals surface area contributed by atoms with E-state index in [1.165, 1.54) is 12.3 Å². The summed E-state index contributed by atoms with van der Waals surface area (Å²) in [7, 11) is 0. The molecule has 4 rings (SSSR count). The molecule has 0 atom stereocenters. The van der Waals surface area contributed by atoms with Gasteiger partial charge in [-0.05, 0) is 40.2 Å². The summed E-state index contributed by atoms with van der Waals surface area (Å²) in [5, 5.41) is 10.9. The van der Waals surface area contributed by atoms with Crippen LogP contribution in [0.3, 0.4) is 0 Å². The highest BCUT2D eigenvalue weighted by atomic mass is 79.9. The zero-order valence-corrected chi connectivity index (χ0v) is 12.6. The van der Waals surface area contributed by atoms with Gasteiger partial charge < -0.3 is 9.47 Å². The summed E-state index contributed by atoms with van der Waals surface area (Å²) in [4.78, 5) is 15.0. The van der Waals surface area contributed by atoms with E-state index in [0.717, 1.165) is 5.56 Å². The minimum atomic E-state index is -0.438. The van der Waals surface area contributed by atoms with Crippen molar-refractivity contribution in [3.8, 4) is 22.8 Å². The summed E-state index contributed by atoms with van der Waals surface area (Å²) in [5.41, 5.74) is 2.13. The molecule has 0 unspecified atom stereocenters. The summed E-state index contributed by atoms with van der Waals surface area (Å²) in [6.07, 6.45) is 1.43. The molecule has 8 heteroatoms. The fourth-order valence-electron chi connectivity index (χ4n) is 2.34. The van der Waals surface area contributed by atoms with Gasteiger partial charge in [0.05, 0.1) is 11.1 Å². The van der Waals surface area contributed by atoms with Gasteiger partial charge in [0.1, 0.15) is 15.9 Å². The van der Waals surface area contributed by atoms with Crippen molar-refractivity contribution in [3.05, 3.63) is 51.2 Å². The molecule has 0 amide bonds. The Bertz CT molecular complexity index is 922. The van der Waals surface area contributed by atoms with E-state index in [0.29, 0.717) is 27.4 Å². The van der Waals surface area contributed by atoms with Gasteiger partial charge in [-0.15, -0.1) is 0 Å². The van der Waals surface area contributed by atoms with Crippen molar-refractivity contribution in [2.24, 2.45) is 0 Å². The molecule has 3 heterocycles. The number of hydrogen-bond donors (Lipinski definition) is 0. The van der Waals surface area contributed by atoms with Crippen molar-refractivity contribution in [1.82, 2.24) is 9.38 Å². The highest BCUT2D eigenvalue weighted by Crippen LogP contribution is 2.38. The Labute approximate surface area is 132 Å². The summed E-state index contributed by atoms with van der Waals surface area (Å²) < 4.78 is 12.9. The zero-order chi connectivity index (χ0) is 15.3. The molecule has 0 saturated carbocycles. The first-order chi connectivity index (χ1) is 10.6. The predicted octanol–water partition coefficient (Wildman–Crippen LogP) is 3.40. The fourth-order valence-corrected chi connectivity index (χ4v) is 2.94. The average Bonchev–Trinajstić information content (AvgIpc) is 3.11. The van der Waals surface area contributed by atoms with Gasteiger partial charge >= 0.3 is 0 Å². The number of aromatic nitrogens is 2. The minimum absolute atomic E-state index is 0.00263. The lowest BCUT2D eigenvalue weighted by molar-refractivity contribution is -0.385. The van der Waals surface area contributed by atoms with E-state index in [9.17, 15) is 10.1 Å². The SMILES string of the molecule is O=[N+]([O-])c1ccc2nc(-c3ccc4c(c3)OCO4)c(Br)n2c1. The number of benzene rings is 1. The summed E-state index contributed by atoms with van der Waals surface area (Å²) in [6.45, 7) is 0.206. The number of fused-ring (bicyclic) bond motifs is 2.